The summed E-state index contributed by atoms with van der Waals surface area (Å²) in [4.78, 5) is 0. The van der Waals surface area contributed by atoms with Gasteiger partial charge < -0.3 is 0 Å². The highest BCUT2D eigenvalue weighted by atomic mass is 35.5. The van der Waals surface area contributed by atoms with Gasteiger partial charge in [0.15, 0.2) is 21.3 Å². The molecule has 3 heterocycles. The van der Waals surface area contributed by atoms with E-state index in [9.17, 15) is 8.42 Å². The van der Waals surface area contributed by atoms with E-state index < -0.39 is 15.1 Å². The lowest BCUT2D eigenvalue weighted by Crippen LogP contribution is -2.23. The van der Waals surface area contributed by atoms with Crippen LogP contribution >= 0.6 is 11.6 Å². The van der Waals surface area contributed by atoms with Gasteiger partial charge in [-0.2, -0.15) is 0 Å². The molecule has 2 aromatic rings. The summed E-state index contributed by atoms with van der Waals surface area (Å²) in [5.74, 6) is 0.708. The summed E-state index contributed by atoms with van der Waals surface area (Å²) in [6, 6.07) is 3.47. The first-order valence-electron chi connectivity index (χ1n) is 5.80. The molecule has 1 fully saturated rings. The SMILES string of the molecule is O=S1(=O)CCCCC1c1nnc2c(Cl)cccn12. The number of nitrogens with zero attached hydrogens (tertiary/aromatic N) is 3. The molecule has 0 spiro atoms. The number of hydrogen-bond donors (Lipinski definition) is 0. The van der Waals surface area contributed by atoms with E-state index >= 15 is 0 Å². The number of hydrogen-bond acceptors (Lipinski definition) is 4. The van der Waals surface area contributed by atoms with Gasteiger partial charge >= 0.3 is 0 Å². The molecule has 0 radical (unpaired) electrons. The van der Waals surface area contributed by atoms with E-state index in [4.69, 9.17) is 11.6 Å². The van der Waals surface area contributed by atoms with Crippen molar-refractivity contribution in [3.05, 3.63) is 29.2 Å². The van der Waals surface area contributed by atoms with Crippen molar-refractivity contribution in [2.24, 2.45) is 0 Å². The van der Waals surface area contributed by atoms with Crippen LogP contribution in [0.1, 0.15) is 30.3 Å². The summed E-state index contributed by atoms with van der Waals surface area (Å²) in [7, 11) is -3.12. The Kier molecular flexibility index (Phi) is 2.79. The topological polar surface area (TPSA) is 64.3 Å². The van der Waals surface area contributed by atoms with Crippen molar-refractivity contribution in [3.63, 3.8) is 0 Å². The lowest BCUT2D eigenvalue weighted by molar-refractivity contribution is 0.537. The number of sulfone groups is 1. The molecular weight excluding hydrogens is 274 g/mol. The smallest absolute Gasteiger partial charge is 0.179 e. The van der Waals surface area contributed by atoms with E-state index in [1.807, 2.05) is 0 Å². The Labute approximate surface area is 110 Å². The summed E-state index contributed by atoms with van der Waals surface area (Å²) in [5.41, 5.74) is 0.509. The Hall–Kier alpha value is -1.14. The van der Waals surface area contributed by atoms with Crippen molar-refractivity contribution < 1.29 is 8.42 Å². The summed E-state index contributed by atoms with van der Waals surface area (Å²) in [6.07, 6.45) is 3.99. The first kappa shape index (κ1) is 11.9. The first-order valence-corrected chi connectivity index (χ1v) is 7.89. The third-order valence-electron chi connectivity index (χ3n) is 3.28. The predicted molar refractivity (Wildman–Crippen MR) is 68.4 cm³/mol. The van der Waals surface area contributed by atoms with Crippen molar-refractivity contribution in [2.75, 3.05) is 5.75 Å². The quantitative estimate of drug-likeness (QED) is 0.804. The van der Waals surface area contributed by atoms with E-state index in [2.05, 4.69) is 10.2 Å². The second-order valence-electron chi connectivity index (χ2n) is 4.46. The maximum atomic E-state index is 12.1. The molecule has 0 N–H and O–H groups in total. The number of aromatic nitrogens is 3. The largest absolute Gasteiger partial charge is 0.284 e. The van der Waals surface area contributed by atoms with Crippen LogP contribution in [-0.4, -0.2) is 28.8 Å². The zero-order valence-electron chi connectivity index (χ0n) is 9.58. The van der Waals surface area contributed by atoms with E-state index in [1.54, 1.807) is 22.7 Å². The van der Waals surface area contributed by atoms with Crippen LogP contribution in [0.15, 0.2) is 18.3 Å². The van der Waals surface area contributed by atoms with E-state index in [0.29, 0.717) is 22.9 Å². The molecule has 5 nitrogen and oxygen atoms in total. The minimum Gasteiger partial charge on any atom is -0.284 e. The first-order chi connectivity index (χ1) is 8.59. The normalized spacial score (nSPS) is 23.3. The molecule has 0 amide bonds. The lowest BCUT2D eigenvalue weighted by atomic mass is 10.2. The number of fused-ring (bicyclic) bond motifs is 1. The number of pyridine rings is 1. The van der Waals surface area contributed by atoms with Gasteiger partial charge in [0, 0.05) is 6.20 Å². The van der Waals surface area contributed by atoms with Gasteiger partial charge in [-0.25, -0.2) is 8.42 Å². The van der Waals surface area contributed by atoms with E-state index in [0.717, 1.165) is 12.8 Å². The predicted octanol–water partition coefficient (Wildman–Crippen LogP) is 2.02. The van der Waals surface area contributed by atoms with Crippen LogP contribution in [0.4, 0.5) is 0 Å². The van der Waals surface area contributed by atoms with Crippen molar-refractivity contribution in [1.29, 1.82) is 0 Å². The van der Waals surface area contributed by atoms with Crippen LogP contribution in [0.2, 0.25) is 5.02 Å². The van der Waals surface area contributed by atoms with Gasteiger partial charge in [-0.05, 0) is 25.0 Å². The molecular formula is C11H12ClN3O2S. The Morgan fingerprint density at radius 3 is 2.94 bits per heavy atom. The van der Waals surface area contributed by atoms with Crippen LogP contribution in [0.3, 0.4) is 0 Å². The van der Waals surface area contributed by atoms with Crippen molar-refractivity contribution in [1.82, 2.24) is 14.6 Å². The van der Waals surface area contributed by atoms with E-state index in [1.165, 1.54) is 0 Å². The van der Waals surface area contributed by atoms with Gasteiger partial charge in [0.1, 0.15) is 5.25 Å². The fourth-order valence-corrected chi connectivity index (χ4v) is 4.47. The second-order valence-corrected chi connectivity index (χ2v) is 7.17. The van der Waals surface area contributed by atoms with Crippen molar-refractivity contribution in [2.45, 2.75) is 24.5 Å². The molecule has 0 bridgehead atoms. The summed E-state index contributed by atoms with van der Waals surface area (Å²) in [5, 5.41) is 7.92. The Bertz CT molecular complexity index is 695. The van der Waals surface area contributed by atoms with Crippen LogP contribution in [0, 0.1) is 0 Å². The zero-order chi connectivity index (χ0) is 12.8. The number of rotatable bonds is 1. The highest BCUT2D eigenvalue weighted by Gasteiger charge is 2.33. The van der Waals surface area contributed by atoms with Crippen LogP contribution in [0.25, 0.3) is 5.65 Å². The lowest BCUT2D eigenvalue weighted by Gasteiger charge is -2.20. The fourth-order valence-electron chi connectivity index (χ4n) is 2.37. The third-order valence-corrected chi connectivity index (χ3v) is 5.75. The Morgan fingerprint density at radius 1 is 1.33 bits per heavy atom. The average Bonchev–Trinajstić information content (AvgIpc) is 2.74. The van der Waals surface area contributed by atoms with Crippen LogP contribution < -0.4 is 0 Å². The van der Waals surface area contributed by atoms with Crippen LogP contribution in [0.5, 0.6) is 0 Å². The maximum Gasteiger partial charge on any atom is 0.179 e. The standard InChI is InChI=1S/C11H12ClN3O2S/c12-8-4-3-6-15-10(8)13-14-11(15)9-5-1-2-7-18(9,16)17/h3-4,6,9H,1-2,5,7H2. The maximum absolute atomic E-state index is 12.1. The molecule has 2 aromatic heterocycles. The molecule has 1 saturated heterocycles. The minimum atomic E-state index is -3.12. The molecule has 96 valence electrons. The Morgan fingerprint density at radius 2 is 2.17 bits per heavy atom. The molecule has 18 heavy (non-hydrogen) atoms. The fraction of sp³-hybridized carbons (Fsp3) is 0.455. The number of halogens is 1. The minimum absolute atomic E-state index is 0.229. The molecule has 1 unspecified atom stereocenters. The molecule has 0 aliphatic carbocycles. The Balaban J connectivity index is 2.17. The molecule has 7 heteroatoms. The highest BCUT2D eigenvalue weighted by Crippen LogP contribution is 2.33. The summed E-state index contributed by atoms with van der Waals surface area (Å²) < 4.78 is 25.9. The average molecular weight is 286 g/mol. The van der Waals surface area contributed by atoms with Gasteiger partial charge in [-0.15, -0.1) is 10.2 Å². The van der Waals surface area contributed by atoms with E-state index in [-0.39, 0.29) is 5.75 Å². The molecule has 3 rings (SSSR count). The summed E-state index contributed by atoms with van der Waals surface area (Å²) in [6.45, 7) is 0. The third kappa shape index (κ3) is 1.80. The van der Waals surface area contributed by atoms with Crippen molar-refractivity contribution >= 4 is 27.1 Å². The zero-order valence-corrected chi connectivity index (χ0v) is 11.2. The van der Waals surface area contributed by atoms with Crippen molar-refractivity contribution in [3.8, 4) is 0 Å². The second kappa shape index (κ2) is 4.20. The highest BCUT2D eigenvalue weighted by molar-refractivity contribution is 7.91. The molecule has 0 aromatic carbocycles. The molecule has 1 aliphatic rings. The van der Waals surface area contributed by atoms with Gasteiger partial charge in [-0.1, -0.05) is 18.0 Å². The van der Waals surface area contributed by atoms with Gasteiger partial charge in [-0.3, -0.25) is 4.40 Å². The molecule has 1 aliphatic heterocycles. The monoisotopic (exact) mass is 285 g/mol. The summed E-state index contributed by atoms with van der Waals surface area (Å²) >= 11 is 6.01. The van der Waals surface area contributed by atoms with Gasteiger partial charge in [0.2, 0.25) is 0 Å². The van der Waals surface area contributed by atoms with Crippen LogP contribution in [-0.2, 0) is 9.84 Å². The molecule has 0 saturated carbocycles. The molecule has 1 atom stereocenters. The van der Waals surface area contributed by atoms with Gasteiger partial charge in [0.25, 0.3) is 0 Å². The van der Waals surface area contributed by atoms with Gasteiger partial charge in [0.05, 0.1) is 10.8 Å².